The van der Waals surface area contributed by atoms with E-state index in [1.54, 1.807) is 35.6 Å². The van der Waals surface area contributed by atoms with Gasteiger partial charge in [-0.25, -0.2) is 13.4 Å². The molecule has 2 aromatic heterocycles. The molecule has 138 valence electrons. The van der Waals surface area contributed by atoms with Gasteiger partial charge in [0.05, 0.1) is 23.4 Å². The van der Waals surface area contributed by atoms with E-state index < -0.39 is 9.84 Å². The van der Waals surface area contributed by atoms with E-state index in [-0.39, 0.29) is 23.5 Å². The summed E-state index contributed by atoms with van der Waals surface area (Å²) in [5, 5.41) is 3.23. The Morgan fingerprint density at radius 2 is 2.15 bits per heavy atom. The van der Waals surface area contributed by atoms with Crippen molar-refractivity contribution in [1.29, 1.82) is 0 Å². The Balaban J connectivity index is 1.64. The van der Waals surface area contributed by atoms with Crippen molar-refractivity contribution in [3.8, 4) is 0 Å². The highest BCUT2D eigenvalue weighted by Gasteiger charge is 2.34. The van der Waals surface area contributed by atoms with Crippen LogP contribution in [-0.4, -0.2) is 53.3 Å². The average molecular weight is 374 g/mol. The number of sulfone groups is 1. The Morgan fingerprint density at radius 1 is 1.31 bits per heavy atom. The molecule has 26 heavy (non-hydrogen) atoms. The van der Waals surface area contributed by atoms with Gasteiger partial charge in [-0.2, -0.15) is 0 Å². The van der Waals surface area contributed by atoms with Gasteiger partial charge in [-0.15, -0.1) is 0 Å². The first kappa shape index (κ1) is 18.3. The summed E-state index contributed by atoms with van der Waals surface area (Å²) < 4.78 is 23.4. The molecule has 1 fully saturated rings. The maximum atomic E-state index is 12.7. The molecule has 1 aliphatic rings. The Hall–Kier alpha value is -2.48. The van der Waals surface area contributed by atoms with Crippen molar-refractivity contribution >= 4 is 21.4 Å². The number of anilines is 1. The summed E-state index contributed by atoms with van der Waals surface area (Å²) in [6.07, 6.45) is 5.61. The fourth-order valence-electron chi connectivity index (χ4n) is 3.07. The largest absolute Gasteiger partial charge is 0.380 e. The number of nitrogens with one attached hydrogen (secondary N) is 1. The van der Waals surface area contributed by atoms with E-state index in [9.17, 15) is 13.2 Å². The number of hydrogen-bond donors (Lipinski definition) is 1. The van der Waals surface area contributed by atoms with Crippen LogP contribution in [0.3, 0.4) is 0 Å². The topological polar surface area (TPSA) is 92.3 Å². The molecular formula is C18H22N4O3S. The van der Waals surface area contributed by atoms with Crippen LogP contribution in [0.2, 0.25) is 0 Å². The van der Waals surface area contributed by atoms with Crippen molar-refractivity contribution in [2.24, 2.45) is 0 Å². The monoisotopic (exact) mass is 374 g/mol. The van der Waals surface area contributed by atoms with Gasteiger partial charge in [-0.1, -0.05) is 6.07 Å². The minimum atomic E-state index is -3.04. The first-order chi connectivity index (χ1) is 12.5. The molecule has 8 heteroatoms. The lowest BCUT2D eigenvalue weighted by Crippen LogP contribution is -2.41. The number of carbonyl (C=O) groups is 1. The van der Waals surface area contributed by atoms with E-state index in [1.165, 1.54) is 0 Å². The zero-order valence-corrected chi connectivity index (χ0v) is 15.4. The third-order valence-corrected chi connectivity index (χ3v) is 6.20. The molecular weight excluding hydrogens is 352 g/mol. The Kier molecular flexibility index (Phi) is 5.51. The number of nitrogens with zero attached hydrogens (tertiary/aromatic N) is 3. The number of rotatable bonds is 6. The summed E-state index contributed by atoms with van der Waals surface area (Å²) in [4.78, 5) is 22.6. The van der Waals surface area contributed by atoms with Crippen LogP contribution in [0.5, 0.6) is 0 Å². The lowest BCUT2D eigenvalue weighted by molar-refractivity contribution is 0.0702. The van der Waals surface area contributed by atoms with Gasteiger partial charge < -0.3 is 10.2 Å². The maximum Gasteiger partial charge on any atom is 0.272 e. The van der Waals surface area contributed by atoms with Gasteiger partial charge in [0.25, 0.3) is 5.91 Å². The highest BCUT2D eigenvalue weighted by Crippen LogP contribution is 2.20. The molecule has 1 saturated heterocycles. The van der Waals surface area contributed by atoms with Crippen LogP contribution in [0.4, 0.5) is 5.69 Å². The highest BCUT2D eigenvalue weighted by molar-refractivity contribution is 7.91. The van der Waals surface area contributed by atoms with E-state index in [0.29, 0.717) is 25.2 Å². The zero-order chi connectivity index (χ0) is 18.6. The van der Waals surface area contributed by atoms with Gasteiger partial charge in [0.2, 0.25) is 0 Å². The van der Waals surface area contributed by atoms with Crippen LogP contribution >= 0.6 is 0 Å². The molecule has 0 radical (unpaired) electrons. The summed E-state index contributed by atoms with van der Waals surface area (Å²) in [5.41, 5.74) is 2.17. The van der Waals surface area contributed by atoms with E-state index in [2.05, 4.69) is 15.3 Å². The van der Waals surface area contributed by atoms with Crippen LogP contribution in [-0.2, 0) is 16.4 Å². The normalized spacial score (nSPS) is 18.4. The van der Waals surface area contributed by atoms with Crippen molar-refractivity contribution in [3.63, 3.8) is 0 Å². The van der Waals surface area contributed by atoms with Crippen LogP contribution < -0.4 is 5.32 Å². The molecule has 3 rings (SSSR count). The van der Waals surface area contributed by atoms with E-state index in [0.717, 1.165) is 11.3 Å². The van der Waals surface area contributed by atoms with Crippen LogP contribution in [0.15, 0.2) is 42.9 Å². The van der Waals surface area contributed by atoms with Crippen LogP contribution in [0.1, 0.15) is 29.4 Å². The molecule has 7 nitrogen and oxygen atoms in total. The van der Waals surface area contributed by atoms with Gasteiger partial charge in [-0.05, 0) is 37.1 Å². The Labute approximate surface area is 153 Å². The standard InChI is InChI=1S/C18H22N4O3S/c1-2-22(16-7-9-26(24,25)13-16)18(23)17-6-5-15(12-21-17)20-11-14-4-3-8-19-10-14/h3-6,8,10,12,16,20H,2,7,9,11,13H2,1H3. The van der Waals surface area contributed by atoms with Gasteiger partial charge in [-0.3, -0.25) is 9.78 Å². The van der Waals surface area contributed by atoms with E-state index in [4.69, 9.17) is 0 Å². The van der Waals surface area contributed by atoms with Crippen molar-refractivity contribution in [2.75, 3.05) is 23.4 Å². The van der Waals surface area contributed by atoms with Crippen molar-refractivity contribution in [1.82, 2.24) is 14.9 Å². The third kappa shape index (κ3) is 4.37. The van der Waals surface area contributed by atoms with Crippen LogP contribution in [0, 0.1) is 0 Å². The third-order valence-electron chi connectivity index (χ3n) is 4.45. The maximum absolute atomic E-state index is 12.7. The summed E-state index contributed by atoms with van der Waals surface area (Å²) in [6, 6.07) is 7.05. The first-order valence-electron chi connectivity index (χ1n) is 8.59. The summed E-state index contributed by atoms with van der Waals surface area (Å²) >= 11 is 0. The lowest BCUT2D eigenvalue weighted by Gasteiger charge is -2.26. The van der Waals surface area contributed by atoms with E-state index in [1.807, 2.05) is 19.1 Å². The zero-order valence-electron chi connectivity index (χ0n) is 14.6. The van der Waals surface area contributed by atoms with Gasteiger partial charge in [0.15, 0.2) is 9.84 Å². The Bertz CT molecular complexity index is 854. The SMILES string of the molecule is CCN(C(=O)c1ccc(NCc2cccnc2)cn1)C1CCS(=O)(=O)C1. The second-order valence-electron chi connectivity index (χ2n) is 6.29. The predicted molar refractivity (Wildman–Crippen MR) is 99.6 cm³/mol. The minimum absolute atomic E-state index is 0.0390. The van der Waals surface area contributed by atoms with Gasteiger partial charge in [0, 0.05) is 31.5 Å². The summed E-state index contributed by atoms with van der Waals surface area (Å²) in [5.74, 6) is -0.0444. The molecule has 0 saturated carbocycles. The Morgan fingerprint density at radius 3 is 2.73 bits per heavy atom. The van der Waals surface area contributed by atoms with Crippen molar-refractivity contribution in [3.05, 3.63) is 54.1 Å². The summed E-state index contributed by atoms with van der Waals surface area (Å²) in [7, 11) is -3.04. The molecule has 1 N–H and O–H groups in total. The fourth-order valence-corrected chi connectivity index (χ4v) is 4.80. The first-order valence-corrected chi connectivity index (χ1v) is 10.4. The van der Waals surface area contributed by atoms with Gasteiger partial charge in [0.1, 0.15) is 5.69 Å². The summed E-state index contributed by atoms with van der Waals surface area (Å²) in [6.45, 7) is 2.93. The quantitative estimate of drug-likeness (QED) is 0.828. The molecule has 1 amide bonds. The second kappa shape index (κ2) is 7.82. The number of pyridine rings is 2. The fraction of sp³-hybridized carbons (Fsp3) is 0.389. The smallest absolute Gasteiger partial charge is 0.272 e. The molecule has 0 aliphatic carbocycles. The lowest BCUT2D eigenvalue weighted by atomic mass is 10.2. The molecule has 1 atom stereocenters. The van der Waals surface area contributed by atoms with Crippen molar-refractivity contribution < 1.29 is 13.2 Å². The molecule has 1 aliphatic heterocycles. The number of carbonyl (C=O) groups excluding carboxylic acids is 1. The molecule has 1 unspecified atom stereocenters. The molecule has 2 aromatic rings. The molecule has 0 spiro atoms. The number of hydrogen-bond acceptors (Lipinski definition) is 6. The molecule has 3 heterocycles. The number of amides is 1. The number of aromatic nitrogens is 2. The molecule has 0 bridgehead atoms. The van der Waals surface area contributed by atoms with Crippen molar-refractivity contribution in [2.45, 2.75) is 25.9 Å². The second-order valence-corrected chi connectivity index (χ2v) is 8.52. The van der Waals surface area contributed by atoms with Gasteiger partial charge >= 0.3 is 0 Å². The predicted octanol–water partition coefficient (Wildman–Crippen LogP) is 1.74. The highest BCUT2D eigenvalue weighted by atomic mass is 32.2. The van der Waals surface area contributed by atoms with Crippen LogP contribution in [0.25, 0.3) is 0 Å². The molecule has 0 aromatic carbocycles. The average Bonchev–Trinajstić information content (AvgIpc) is 3.01. The minimum Gasteiger partial charge on any atom is -0.380 e. The van der Waals surface area contributed by atoms with E-state index >= 15 is 0 Å².